The van der Waals surface area contributed by atoms with Crippen LogP contribution in [0.3, 0.4) is 0 Å². The van der Waals surface area contributed by atoms with Crippen molar-refractivity contribution in [1.29, 1.82) is 0 Å². The lowest BCUT2D eigenvalue weighted by molar-refractivity contribution is 0.0793. The quantitative estimate of drug-likeness (QED) is 0.597. The van der Waals surface area contributed by atoms with Crippen LogP contribution in [0, 0.1) is 5.92 Å². The number of hydrogen-bond acceptors (Lipinski definition) is 6. The number of aliphatic hydroxyl groups excluding tert-OH is 1. The summed E-state index contributed by atoms with van der Waals surface area (Å²) in [6, 6.07) is 3.97. The van der Waals surface area contributed by atoms with E-state index in [-0.39, 0.29) is 18.2 Å². The number of nitrogens with zero attached hydrogens (tertiary/aromatic N) is 4. The Morgan fingerprint density at radius 1 is 1.23 bits per heavy atom. The van der Waals surface area contributed by atoms with Crippen molar-refractivity contribution < 1.29 is 15.0 Å². The van der Waals surface area contributed by atoms with E-state index in [0.29, 0.717) is 23.2 Å². The normalized spacial score (nSPS) is 19.7. The van der Waals surface area contributed by atoms with E-state index in [1.807, 2.05) is 23.0 Å². The molecule has 1 aliphatic rings. The van der Waals surface area contributed by atoms with Gasteiger partial charge < -0.3 is 15.5 Å². The van der Waals surface area contributed by atoms with Gasteiger partial charge in [0.25, 0.3) is 5.91 Å². The lowest BCUT2D eigenvalue weighted by Gasteiger charge is -2.27. The van der Waals surface area contributed by atoms with Crippen molar-refractivity contribution in [2.45, 2.75) is 51.2 Å². The van der Waals surface area contributed by atoms with Crippen LogP contribution in [0.15, 0.2) is 36.9 Å². The number of aromatic nitrogens is 4. The van der Waals surface area contributed by atoms with E-state index >= 15 is 0 Å². The first-order valence-electron chi connectivity index (χ1n) is 10.3. The maximum Gasteiger partial charge on any atom is 0.275 e. The number of fused-ring (bicyclic) bond motifs is 1. The molecule has 1 aliphatic carbocycles. The predicted molar refractivity (Wildman–Crippen MR) is 113 cm³/mol. The molecule has 0 bridgehead atoms. The summed E-state index contributed by atoms with van der Waals surface area (Å²) in [5, 5.41) is 28.6. The van der Waals surface area contributed by atoms with Crippen molar-refractivity contribution in [2.75, 3.05) is 11.9 Å². The fraction of sp³-hybridized carbons (Fsp3) is 0.455. The van der Waals surface area contributed by atoms with Crippen molar-refractivity contribution in [3.05, 3.63) is 48.2 Å². The molecular formula is C22H27N5O3. The summed E-state index contributed by atoms with van der Waals surface area (Å²) in [6.07, 6.45) is 10.3. The molecule has 0 radical (unpaired) electrons. The van der Waals surface area contributed by atoms with E-state index in [1.54, 1.807) is 13.8 Å². The molecule has 8 nitrogen and oxygen atoms in total. The molecule has 0 saturated heterocycles. The third-order valence-electron chi connectivity index (χ3n) is 5.81. The largest absolute Gasteiger partial charge is 0.396 e. The van der Waals surface area contributed by atoms with Gasteiger partial charge in [0, 0.05) is 41.8 Å². The van der Waals surface area contributed by atoms with Crippen molar-refractivity contribution in [2.24, 2.45) is 5.92 Å². The standard InChI is InChI=1S/C22H27N5O3/c1-22(2,30)17-10-18-15(9-19(17)25-21(29)20-11-23-7-8-24-20)12-27(26-18)16-5-3-14(13-28)4-6-16/h7-12,14,16,28,30H,3-6,13H2,1-2H3,(H,25,29)/t14-,16-. The third kappa shape index (κ3) is 4.20. The smallest absolute Gasteiger partial charge is 0.275 e. The molecule has 0 spiro atoms. The molecule has 1 aromatic carbocycles. The Morgan fingerprint density at radius 2 is 2.00 bits per heavy atom. The van der Waals surface area contributed by atoms with Crippen molar-refractivity contribution in [3.63, 3.8) is 0 Å². The second kappa shape index (κ2) is 8.12. The molecule has 8 heteroatoms. The van der Waals surface area contributed by atoms with Gasteiger partial charge in [0.1, 0.15) is 5.69 Å². The van der Waals surface area contributed by atoms with Crippen LogP contribution >= 0.6 is 0 Å². The van der Waals surface area contributed by atoms with Crippen molar-refractivity contribution in [3.8, 4) is 0 Å². The molecule has 0 atom stereocenters. The number of carbonyl (C=O) groups is 1. The summed E-state index contributed by atoms with van der Waals surface area (Å²) in [4.78, 5) is 20.6. The maximum atomic E-state index is 12.6. The summed E-state index contributed by atoms with van der Waals surface area (Å²) in [7, 11) is 0. The number of hydrogen-bond donors (Lipinski definition) is 3. The highest BCUT2D eigenvalue weighted by molar-refractivity contribution is 6.04. The van der Waals surface area contributed by atoms with E-state index in [0.717, 1.165) is 36.6 Å². The van der Waals surface area contributed by atoms with Crippen molar-refractivity contribution in [1.82, 2.24) is 19.7 Å². The fourth-order valence-corrected chi connectivity index (χ4v) is 4.08. The number of benzene rings is 1. The van der Waals surface area contributed by atoms with Crippen LogP contribution in [0.4, 0.5) is 5.69 Å². The highest BCUT2D eigenvalue weighted by Crippen LogP contribution is 2.35. The zero-order chi connectivity index (χ0) is 21.3. The Hall–Kier alpha value is -2.84. The van der Waals surface area contributed by atoms with E-state index < -0.39 is 5.60 Å². The Bertz CT molecular complexity index is 1030. The molecular weight excluding hydrogens is 382 g/mol. The van der Waals surface area contributed by atoms with Gasteiger partial charge in [-0.2, -0.15) is 5.10 Å². The van der Waals surface area contributed by atoms with Gasteiger partial charge in [-0.15, -0.1) is 0 Å². The highest BCUT2D eigenvalue weighted by atomic mass is 16.3. The molecule has 3 aromatic rings. The Morgan fingerprint density at radius 3 is 2.63 bits per heavy atom. The van der Waals surface area contributed by atoms with Gasteiger partial charge in [-0.1, -0.05) is 0 Å². The molecule has 3 N–H and O–H groups in total. The second-order valence-electron chi connectivity index (χ2n) is 8.53. The number of rotatable bonds is 5. The molecule has 2 heterocycles. The SMILES string of the molecule is CC(C)(O)c1cc2nn([C@H]3CC[C@H](CO)CC3)cc2cc1NC(=O)c1cnccn1. The summed E-state index contributed by atoms with van der Waals surface area (Å²) >= 11 is 0. The van der Waals surface area contributed by atoms with Gasteiger partial charge in [0.05, 0.1) is 23.4 Å². The third-order valence-corrected chi connectivity index (χ3v) is 5.81. The average molecular weight is 409 g/mol. The lowest BCUT2D eigenvalue weighted by atomic mass is 9.87. The van der Waals surface area contributed by atoms with Crippen molar-refractivity contribution >= 4 is 22.5 Å². The number of amides is 1. The Kier molecular flexibility index (Phi) is 5.53. The zero-order valence-electron chi connectivity index (χ0n) is 17.2. The number of anilines is 1. The first-order valence-corrected chi connectivity index (χ1v) is 10.3. The molecule has 1 amide bonds. The Balaban J connectivity index is 1.66. The fourth-order valence-electron chi connectivity index (χ4n) is 4.08. The summed E-state index contributed by atoms with van der Waals surface area (Å²) in [5.74, 6) is -0.00131. The summed E-state index contributed by atoms with van der Waals surface area (Å²) in [6.45, 7) is 3.61. The van der Waals surface area contributed by atoms with Crippen LogP contribution in [0.1, 0.15) is 61.6 Å². The molecule has 158 valence electrons. The number of carbonyl (C=O) groups excluding carboxylic acids is 1. The van der Waals surface area contributed by atoms with E-state index in [4.69, 9.17) is 5.10 Å². The van der Waals surface area contributed by atoms with E-state index in [2.05, 4.69) is 15.3 Å². The molecule has 1 fully saturated rings. The second-order valence-corrected chi connectivity index (χ2v) is 8.53. The van der Waals surface area contributed by atoms with E-state index in [1.165, 1.54) is 18.6 Å². The molecule has 2 aromatic heterocycles. The minimum absolute atomic E-state index is 0.204. The summed E-state index contributed by atoms with van der Waals surface area (Å²) in [5.41, 5.74) is 0.919. The predicted octanol–water partition coefficient (Wildman–Crippen LogP) is 3.03. The average Bonchev–Trinajstić information content (AvgIpc) is 3.16. The van der Waals surface area contributed by atoms with Crippen LogP contribution in [0.2, 0.25) is 0 Å². The minimum atomic E-state index is -1.16. The highest BCUT2D eigenvalue weighted by Gasteiger charge is 2.26. The minimum Gasteiger partial charge on any atom is -0.396 e. The molecule has 30 heavy (non-hydrogen) atoms. The zero-order valence-corrected chi connectivity index (χ0v) is 17.2. The number of nitrogens with one attached hydrogen (secondary N) is 1. The molecule has 0 unspecified atom stereocenters. The molecule has 1 saturated carbocycles. The van der Waals surface area contributed by atoms with Gasteiger partial charge in [-0.25, -0.2) is 4.98 Å². The monoisotopic (exact) mass is 409 g/mol. The van der Waals surface area contributed by atoms with Gasteiger partial charge >= 0.3 is 0 Å². The van der Waals surface area contributed by atoms with Crippen LogP contribution in [-0.2, 0) is 5.60 Å². The van der Waals surface area contributed by atoms with Gasteiger partial charge in [-0.3, -0.25) is 14.5 Å². The Labute approximate surface area is 175 Å². The van der Waals surface area contributed by atoms with Gasteiger partial charge in [0.15, 0.2) is 0 Å². The number of aliphatic hydroxyl groups is 2. The van der Waals surface area contributed by atoms with E-state index in [9.17, 15) is 15.0 Å². The van der Waals surface area contributed by atoms with Crippen LogP contribution < -0.4 is 5.32 Å². The molecule has 0 aliphatic heterocycles. The van der Waals surface area contributed by atoms with Crippen LogP contribution in [-0.4, -0.2) is 42.5 Å². The first-order chi connectivity index (χ1) is 14.3. The lowest BCUT2D eigenvalue weighted by Crippen LogP contribution is -2.21. The maximum absolute atomic E-state index is 12.6. The molecule has 4 rings (SSSR count). The first kappa shape index (κ1) is 20.4. The summed E-state index contributed by atoms with van der Waals surface area (Å²) < 4.78 is 1.99. The topological polar surface area (TPSA) is 113 Å². The van der Waals surface area contributed by atoms with Crippen LogP contribution in [0.5, 0.6) is 0 Å². The van der Waals surface area contributed by atoms with Gasteiger partial charge in [0.2, 0.25) is 0 Å². The van der Waals surface area contributed by atoms with Crippen LogP contribution in [0.25, 0.3) is 10.9 Å². The van der Waals surface area contributed by atoms with Gasteiger partial charge in [-0.05, 0) is 57.6 Å².